The van der Waals surface area contributed by atoms with Gasteiger partial charge < -0.3 is 15.5 Å². The molecular weight excluding hydrogens is 268 g/mol. The molecule has 0 fully saturated rings. The van der Waals surface area contributed by atoms with E-state index in [9.17, 15) is 9.90 Å². The number of anilines is 1. The molecule has 1 amide bonds. The molecule has 2 rings (SSSR count). The van der Waals surface area contributed by atoms with E-state index in [4.69, 9.17) is 5.11 Å². The van der Waals surface area contributed by atoms with Gasteiger partial charge in [-0.3, -0.25) is 9.78 Å². The molecule has 0 radical (unpaired) electrons. The number of nitrogens with one attached hydrogen (secondary N) is 1. The second-order valence-corrected chi connectivity index (χ2v) is 4.38. The number of hydrogen-bond acceptors (Lipinski definition) is 4. The summed E-state index contributed by atoms with van der Waals surface area (Å²) in [6.07, 6.45) is 2.64. The summed E-state index contributed by atoms with van der Waals surface area (Å²) in [6, 6.07) is 6.66. The number of aliphatic hydroxyl groups is 1. The van der Waals surface area contributed by atoms with Crippen LogP contribution in [-0.2, 0) is 0 Å². The van der Waals surface area contributed by atoms with Gasteiger partial charge in [-0.15, -0.1) is 0 Å². The summed E-state index contributed by atoms with van der Waals surface area (Å²) >= 11 is 0. The quantitative estimate of drug-likeness (QED) is 0.732. The van der Waals surface area contributed by atoms with Crippen LogP contribution >= 0.6 is 0 Å². The Labute approximate surface area is 122 Å². The van der Waals surface area contributed by atoms with Crippen LogP contribution in [0.3, 0.4) is 0 Å². The minimum absolute atomic E-state index is 0.0611. The Balaban J connectivity index is 2.18. The van der Waals surface area contributed by atoms with Crippen LogP contribution < -0.4 is 5.32 Å². The largest absolute Gasteiger partial charge is 0.506 e. The maximum atomic E-state index is 12.1. The monoisotopic (exact) mass is 282 g/mol. The molecule has 0 aliphatic heterocycles. The van der Waals surface area contributed by atoms with E-state index in [0.29, 0.717) is 5.69 Å². The van der Waals surface area contributed by atoms with Crippen molar-refractivity contribution in [2.24, 2.45) is 0 Å². The Bertz CT molecular complexity index is 730. The number of aromatic nitrogens is 1. The van der Waals surface area contributed by atoms with Crippen LogP contribution in [0.4, 0.5) is 5.69 Å². The number of rotatable bonds is 2. The van der Waals surface area contributed by atoms with Gasteiger partial charge in [0.2, 0.25) is 0 Å². The SMILES string of the molecule is Cc1cc(C#CCO)ccc1NC(=O)c1cncc(O)c1. The van der Waals surface area contributed by atoms with Gasteiger partial charge in [0, 0.05) is 17.4 Å². The molecule has 0 aliphatic rings. The highest BCUT2D eigenvalue weighted by Crippen LogP contribution is 2.18. The van der Waals surface area contributed by atoms with E-state index in [1.807, 2.05) is 13.0 Å². The summed E-state index contributed by atoms with van der Waals surface area (Å²) in [5.41, 5.74) is 2.54. The minimum Gasteiger partial charge on any atom is -0.506 e. The Morgan fingerprint density at radius 1 is 1.33 bits per heavy atom. The predicted molar refractivity (Wildman–Crippen MR) is 79.0 cm³/mol. The number of carbonyl (C=O) groups excluding carboxylic acids is 1. The lowest BCUT2D eigenvalue weighted by Crippen LogP contribution is -2.13. The number of hydrogen-bond donors (Lipinski definition) is 3. The molecule has 0 bridgehead atoms. The fourth-order valence-electron chi connectivity index (χ4n) is 1.77. The molecule has 1 heterocycles. The van der Waals surface area contributed by atoms with Crippen LogP contribution in [0.5, 0.6) is 5.75 Å². The molecule has 1 aromatic carbocycles. The van der Waals surface area contributed by atoms with Gasteiger partial charge in [-0.1, -0.05) is 11.8 Å². The molecule has 106 valence electrons. The van der Waals surface area contributed by atoms with Gasteiger partial charge in [-0.25, -0.2) is 0 Å². The highest BCUT2D eigenvalue weighted by Gasteiger charge is 2.09. The third-order valence-corrected chi connectivity index (χ3v) is 2.77. The summed E-state index contributed by atoms with van der Waals surface area (Å²) in [5, 5.41) is 20.7. The molecular formula is C16H14N2O3. The van der Waals surface area contributed by atoms with Crippen LogP contribution in [0, 0.1) is 18.8 Å². The standard InChI is InChI=1S/C16H14N2O3/c1-11-7-12(3-2-6-19)4-5-15(11)18-16(21)13-8-14(20)10-17-9-13/h4-5,7-10,19-20H,6H2,1H3,(H,18,21). The zero-order valence-electron chi connectivity index (χ0n) is 11.4. The van der Waals surface area contributed by atoms with Gasteiger partial charge in [-0.2, -0.15) is 0 Å². The van der Waals surface area contributed by atoms with Gasteiger partial charge in [-0.05, 0) is 36.8 Å². The number of carbonyl (C=O) groups is 1. The third-order valence-electron chi connectivity index (χ3n) is 2.77. The number of aromatic hydroxyl groups is 1. The maximum Gasteiger partial charge on any atom is 0.257 e. The highest BCUT2D eigenvalue weighted by atomic mass is 16.3. The number of amides is 1. The molecule has 0 atom stereocenters. The second-order valence-electron chi connectivity index (χ2n) is 4.38. The first-order chi connectivity index (χ1) is 10.1. The molecule has 0 unspecified atom stereocenters. The number of nitrogens with zero attached hydrogens (tertiary/aromatic N) is 1. The molecule has 0 spiro atoms. The first-order valence-corrected chi connectivity index (χ1v) is 6.26. The van der Waals surface area contributed by atoms with Crippen molar-refractivity contribution in [2.75, 3.05) is 11.9 Å². The lowest BCUT2D eigenvalue weighted by atomic mass is 10.1. The Morgan fingerprint density at radius 3 is 2.81 bits per heavy atom. The van der Waals surface area contributed by atoms with Crippen LogP contribution in [0.1, 0.15) is 21.5 Å². The van der Waals surface area contributed by atoms with E-state index in [1.54, 1.807) is 12.1 Å². The van der Waals surface area contributed by atoms with Crippen molar-refractivity contribution in [3.8, 4) is 17.6 Å². The summed E-state index contributed by atoms with van der Waals surface area (Å²) < 4.78 is 0. The summed E-state index contributed by atoms with van der Waals surface area (Å²) in [7, 11) is 0. The van der Waals surface area contributed by atoms with Crippen molar-refractivity contribution >= 4 is 11.6 Å². The smallest absolute Gasteiger partial charge is 0.257 e. The van der Waals surface area contributed by atoms with Crippen LogP contribution in [0.15, 0.2) is 36.7 Å². The van der Waals surface area contributed by atoms with Crippen molar-refractivity contribution in [3.05, 3.63) is 53.3 Å². The Hall–Kier alpha value is -2.84. The fourth-order valence-corrected chi connectivity index (χ4v) is 1.77. The Kier molecular flexibility index (Phi) is 4.54. The van der Waals surface area contributed by atoms with E-state index in [1.165, 1.54) is 18.5 Å². The van der Waals surface area contributed by atoms with Crippen molar-refractivity contribution in [1.82, 2.24) is 4.98 Å². The molecule has 0 saturated carbocycles. The molecule has 1 aromatic heterocycles. The predicted octanol–water partition coefficient (Wildman–Crippen LogP) is 1.69. The Morgan fingerprint density at radius 2 is 2.14 bits per heavy atom. The fraction of sp³-hybridized carbons (Fsp3) is 0.125. The summed E-state index contributed by atoms with van der Waals surface area (Å²) in [5.74, 6) is 4.95. The molecule has 3 N–H and O–H groups in total. The van der Waals surface area contributed by atoms with Gasteiger partial charge in [0.05, 0.1) is 11.8 Å². The van der Waals surface area contributed by atoms with E-state index < -0.39 is 0 Å². The van der Waals surface area contributed by atoms with E-state index in [0.717, 1.165) is 11.1 Å². The first kappa shape index (κ1) is 14.6. The number of pyridine rings is 1. The summed E-state index contributed by atoms with van der Waals surface area (Å²) in [4.78, 5) is 15.8. The molecule has 2 aromatic rings. The third kappa shape index (κ3) is 3.81. The zero-order chi connectivity index (χ0) is 15.2. The van der Waals surface area contributed by atoms with E-state index in [-0.39, 0.29) is 23.8 Å². The average molecular weight is 282 g/mol. The highest BCUT2D eigenvalue weighted by molar-refractivity contribution is 6.04. The van der Waals surface area contributed by atoms with Crippen molar-refractivity contribution < 1.29 is 15.0 Å². The maximum absolute atomic E-state index is 12.1. The lowest BCUT2D eigenvalue weighted by Gasteiger charge is -2.08. The van der Waals surface area contributed by atoms with Gasteiger partial charge in [0.25, 0.3) is 5.91 Å². The number of aryl methyl sites for hydroxylation is 1. The van der Waals surface area contributed by atoms with Crippen LogP contribution in [0.2, 0.25) is 0 Å². The topological polar surface area (TPSA) is 82.5 Å². The molecule has 21 heavy (non-hydrogen) atoms. The van der Waals surface area contributed by atoms with Crippen LogP contribution in [0.25, 0.3) is 0 Å². The normalized spacial score (nSPS) is 9.62. The molecule has 5 heteroatoms. The van der Waals surface area contributed by atoms with Gasteiger partial charge in [0.1, 0.15) is 12.4 Å². The average Bonchev–Trinajstić information content (AvgIpc) is 2.47. The van der Waals surface area contributed by atoms with E-state index in [2.05, 4.69) is 22.1 Å². The second kappa shape index (κ2) is 6.55. The first-order valence-electron chi connectivity index (χ1n) is 6.26. The van der Waals surface area contributed by atoms with Crippen molar-refractivity contribution in [2.45, 2.75) is 6.92 Å². The summed E-state index contributed by atoms with van der Waals surface area (Å²) in [6.45, 7) is 1.66. The van der Waals surface area contributed by atoms with Crippen molar-refractivity contribution in [3.63, 3.8) is 0 Å². The molecule has 5 nitrogen and oxygen atoms in total. The zero-order valence-corrected chi connectivity index (χ0v) is 11.4. The van der Waals surface area contributed by atoms with E-state index >= 15 is 0 Å². The minimum atomic E-state index is -0.351. The lowest BCUT2D eigenvalue weighted by molar-refractivity contribution is 0.102. The molecule has 0 saturated heterocycles. The molecule has 0 aliphatic carbocycles. The van der Waals surface area contributed by atoms with Gasteiger partial charge in [0.15, 0.2) is 0 Å². The van der Waals surface area contributed by atoms with Gasteiger partial charge >= 0.3 is 0 Å². The van der Waals surface area contributed by atoms with Crippen LogP contribution in [-0.4, -0.2) is 27.7 Å². The number of benzene rings is 1. The number of aliphatic hydroxyl groups excluding tert-OH is 1. The van der Waals surface area contributed by atoms with Crippen molar-refractivity contribution in [1.29, 1.82) is 0 Å².